The number of carboxylic acids is 1. The first-order valence-electron chi connectivity index (χ1n) is 11.6. The molecule has 3 N–H and O–H groups in total. The summed E-state index contributed by atoms with van der Waals surface area (Å²) in [6.45, 7) is 4.34. The monoisotopic (exact) mass is 422 g/mol. The molecule has 0 amide bonds. The molecular weight excluding hydrogens is 372 g/mol. The zero-order valence-corrected chi connectivity index (χ0v) is 20.2. The van der Waals surface area contributed by atoms with Gasteiger partial charge in [0.25, 0.3) is 0 Å². The predicted octanol–water partition coefficient (Wildman–Crippen LogP) is 7.00. The highest BCUT2D eigenvalue weighted by molar-refractivity contribution is 5.85. The molecule has 0 saturated carbocycles. The van der Waals surface area contributed by atoms with E-state index in [0.29, 0.717) is 6.42 Å². The molecule has 0 radical (unpaired) electrons. The van der Waals surface area contributed by atoms with Crippen LogP contribution < -0.4 is 5.73 Å². The van der Waals surface area contributed by atoms with Crippen LogP contribution >= 0.6 is 12.4 Å². The van der Waals surface area contributed by atoms with Crippen LogP contribution in [0.2, 0.25) is 0 Å². The summed E-state index contributed by atoms with van der Waals surface area (Å²) in [6.07, 6.45) is 21.5. The van der Waals surface area contributed by atoms with Gasteiger partial charge < -0.3 is 10.8 Å². The minimum absolute atomic E-state index is 0. The molecule has 0 aliphatic rings. The number of aliphatic carboxylic acids is 1. The summed E-state index contributed by atoms with van der Waals surface area (Å²) >= 11 is 0. The van der Waals surface area contributed by atoms with Crippen LogP contribution in [-0.4, -0.2) is 36.2 Å². The van der Waals surface area contributed by atoms with Gasteiger partial charge in [0, 0.05) is 6.42 Å². The second-order valence-electron chi connectivity index (χ2n) is 8.03. The summed E-state index contributed by atoms with van der Waals surface area (Å²) in [7, 11) is 3.96. The zero-order valence-electron chi connectivity index (χ0n) is 19.4. The summed E-state index contributed by atoms with van der Waals surface area (Å²) in [4.78, 5) is 12.3. The molecule has 0 spiro atoms. The second kappa shape index (κ2) is 26.7. The Balaban J connectivity index is -0.000000665. The van der Waals surface area contributed by atoms with Crippen molar-refractivity contribution in [3.05, 3.63) is 0 Å². The minimum atomic E-state index is -0.653. The molecule has 0 aromatic heterocycles. The number of nitrogens with zero attached hydrogens (tertiary/aromatic N) is 1. The zero-order chi connectivity index (χ0) is 20.8. The van der Waals surface area contributed by atoms with Gasteiger partial charge in [-0.3, -0.25) is 9.69 Å². The number of hydrogen-bond acceptors (Lipinski definition) is 3. The predicted molar refractivity (Wildman–Crippen MR) is 126 cm³/mol. The highest BCUT2D eigenvalue weighted by atomic mass is 35.5. The smallest absolute Gasteiger partial charge is 0.303 e. The molecule has 28 heavy (non-hydrogen) atoms. The SMILES string of the molecule is CCC(N)N(C)C.CCCCCCCCCCCCCCCCCC(=O)O.Cl. The van der Waals surface area contributed by atoms with Gasteiger partial charge in [0.05, 0.1) is 6.17 Å². The lowest BCUT2D eigenvalue weighted by atomic mass is 10.0. The van der Waals surface area contributed by atoms with Crippen LogP contribution in [0.4, 0.5) is 0 Å². The van der Waals surface area contributed by atoms with Crippen LogP contribution in [0.25, 0.3) is 0 Å². The topological polar surface area (TPSA) is 66.6 Å². The van der Waals surface area contributed by atoms with E-state index >= 15 is 0 Å². The maximum absolute atomic E-state index is 10.3. The quantitative estimate of drug-likeness (QED) is 0.184. The van der Waals surface area contributed by atoms with E-state index in [4.69, 9.17) is 10.8 Å². The lowest BCUT2D eigenvalue weighted by Gasteiger charge is -2.16. The van der Waals surface area contributed by atoms with Gasteiger partial charge >= 0.3 is 5.97 Å². The van der Waals surface area contributed by atoms with E-state index in [0.717, 1.165) is 19.3 Å². The molecule has 0 aromatic carbocycles. The number of carbonyl (C=O) groups is 1. The molecule has 5 heteroatoms. The first-order chi connectivity index (χ1) is 13.0. The van der Waals surface area contributed by atoms with E-state index in [1.54, 1.807) is 0 Å². The number of carboxylic acid groups (broad SMARTS) is 1. The Morgan fingerprint density at radius 3 is 1.29 bits per heavy atom. The van der Waals surface area contributed by atoms with Gasteiger partial charge in [0.2, 0.25) is 0 Å². The van der Waals surface area contributed by atoms with Gasteiger partial charge in [0.1, 0.15) is 0 Å². The van der Waals surface area contributed by atoms with E-state index in [1.165, 1.54) is 83.5 Å². The molecule has 0 rings (SSSR count). The average molecular weight is 423 g/mol. The van der Waals surface area contributed by atoms with Gasteiger partial charge in [-0.2, -0.15) is 0 Å². The molecule has 1 unspecified atom stereocenters. The van der Waals surface area contributed by atoms with Gasteiger partial charge in [-0.15, -0.1) is 12.4 Å². The molecule has 0 aliphatic carbocycles. The fourth-order valence-electron chi connectivity index (χ4n) is 3.01. The van der Waals surface area contributed by atoms with Crippen LogP contribution in [-0.2, 0) is 4.79 Å². The molecule has 0 aliphatic heterocycles. The summed E-state index contributed by atoms with van der Waals surface area (Å²) < 4.78 is 0. The van der Waals surface area contributed by atoms with E-state index in [-0.39, 0.29) is 18.6 Å². The Kier molecular flexibility index (Phi) is 30.8. The first kappa shape index (κ1) is 32.3. The van der Waals surface area contributed by atoms with Gasteiger partial charge in [-0.1, -0.05) is 104 Å². The van der Waals surface area contributed by atoms with E-state index in [2.05, 4.69) is 13.8 Å². The third-order valence-corrected chi connectivity index (χ3v) is 5.08. The first-order valence-corrected chi connectivity index (χ1v) is 11.6. The minimum Gasteiger partial charge on any atom is -0.481 e. The number of rotatable bonds is 18. The lowest BCUT2D eigenvalue weighted by Crippen LogP contribution is -2.35. The van der Waals surface area contributed by atoms with Crippen molar-refractivity contribution in [2.75, 3.05) is 14.1 Å². The Labute approximate surface area is 182 Å². The average Bonchev–Trinajstić information content (AvgIpc) is 2.64. The lowest BCUT2D eigenvalue weighted by molar-refractivity contribution is -0.137. The summed E-state index contributed by atoms with van der Waals surface area (Å²) in [5, 5.41) is 8.52. The van der Waals surface area contributed by atoms with Crippen molar-refractivity contribution in [3.63, 3.8) is 0 Å². The normalized spacial score (nSPS) is 11.5. The Morgan fingerprint density at radius 2 is 1.07 bits per heavy atom. The maximum Gasteiger partial charge on any atom is 0.303 e. The number of hydrogen-bond donors (Lipinski definition) is 2. The van der Waals surface area contributed by atoms with E-state index in [1.807, 2.05) is 19.0 Å². The van der Waals surface area contributed by atoms with Crippen molar-refractivity contribution in [1.82, 2.24) is 4.90 Å². The third-order valence-electron chi connectivity index (χ3n) is 5.08. The number of unbranched alkanes of at least 4 members (excludes halogenated alkanes) is 14. The molecule has 4 nitrogen and oxygen atoms in total. The second-order valence-corrected chi connectivity index (χ2v) is 8.03. The van der Waals surface area contributed by atoms with Crippen molar-refractivity contribution in [3.8, 4) is 0 Å². The van der Waals surface area contributed by atoms with E-state index < -0.39 is 5.97 Å². The van der Waals surface area contributed by atoms with E-state index in [9.17, 15) is 4.79 Å². The van der Waals surface area contributed by atoms with Crippen LogP contribution in [0, 0.1) is 0 Å². The molecule has 0 aromatic rings. The molecular formula is C23H51ClN2O2. The van der Waals surface area contributed by atoms with Crippen LogP contribution in [0.5, 0.6) is 0 Å². The highest BCUT2D eigenvalue weighted by Gasteiger charge is 1.98. The Hall–Kier alpha value is -0.320. The summed E-state index contributed by atoms with van der Waals surface area (Å²) in [5.41, 5.74) is 5.54. The van der Waals surface area contributed by atoms with Crippen molar-refractivity contribution in [2.45, 2.75) is 129 Å². The van der Waals surface area contributed by atoms with Crippen molar-refractivity contribution in [1.29, 1.82) is 0 Å². The fraction of sp³-hybridized carbons (Fsp3) is 0.957. The van der Waals surface area contributed by atoms with Crippen LogP contribution in [0.1, 0.15) is 123 Å². The maximum atomic E-state index is 10.3. The largest absolute Gasteiger partial charge is 0.481 e. The molecule has 0 bridgehead atoms. The van der Waals surface area contributed by atoms with Gasteiger partial charge in [-0.25, -0.2) is 0 Å². The van der Waals surface area contributed by atoms with Crippen LogP contribution in [0.3, 0.4) is 0 Å². The molecule has 172 valence electrons. The van der Waals surface area contributed by atoms with Gasteiger partial charge in [-0.05, 0) is 26.9 Å². The summed E-state index contributed by atoms with van der Waals surface area (Å²) in [6, 6.07) is 0. The summed E-state index contributed by atoms with van der Waals surface area (Å²) in [5.74, 6) is -0.653. The van der Waals surface area contributed by atoms with Gasteiger partial charge in [0.15, 0.2) is 0 Å². The Bertz CT molecular complexity index is 302. The Morgan fingerprint density at radius 1 is 0.750 bits per heavy atom. The standard InChI is InChI=1S/C18H36O2.C5H14N2.ClH/c1-2-3-4-5-6-7-8-9-10-11-12-13-14-15-16-17-18(19)20;1-4-5(6)7(2)3;/h2-17H2,1H3,(H,19,20);5H,4,6H2,1-3H3;1H. The molecule has 1 atom stereocenters. The third kappa shape index (κ3) is 30.4. The van der Waals surface area contributed by atoms with Crippen LogP contribution in [0.15, 0.2) is 0 Å². The number of nitrogens with two attached hydrogens (primary N) is 1. The number of halogens is 1. The van der Waals surface area contributed by atoms with Crippen molar-refractivity contribution >= 4 is 18.4 Å². The van der Waals surface area contributed by atoms with Crippen molar-refractivity contribution < 1.29 is 9.90 Å². The molecule has 0 heterocycles. The molecule has 0 saturated heterocycles. The fourth-order valence-corrected chi connectivity index (χ4v) is 3.01. The van der Waals surface area contributed by atoms with Crippen molar-refractivity contribution in [2.24, 2.45) is 5.73 Å². The highest BCUT2D eigenvalue weighted by Crippen LogP contribution is 2.13. The molecule has 0 fully saturated rings.